The maximum atomic E-state index is 6.03. The van der Waals surface area contributed by atoms with Gasteiger partial charge in [-0.05, 0) is 37.9 Å². The van der Waals surface area contributed by atoms with E-state index in [4.69, 9.17) is 11.6 Å². The summed E-state index contributed by atoms with van der Waals surface area (Å²) in [6, 6.07) is 1.92. The number of rotatable bonds is 4. The number of anilines is 1. The van der Waals surface area contributed by atoms with Gasteiger partial charge in [0.05, 0.1) is 10.7 Å². The summed E-state index contributed by atoms with van der Waals surface area (Å²) in [5, 5.41) is 4.05. The molecule has 1 N–H and O–H groups in total. The summed E-state index contributed by atoms with van der Waals surface area (Å²) in [4.78, 5) is 6.48. The number of nitrogens with zero attached hydrogens (tertiary/aromatic N) is 2. The normalized spacial score (nSPS) is 18.2. The first kappa shape index (κ1) is 12.7. The molecule has 1 aliphatic rings. The van der Waals surface area contributed by atoms with E-state index >= 15 is 0 Å². The van der Waals surface area contributed by atoms with Gasteiger partial charge < -0.3 is 10.2 Å². The zero-order chi connectivity index (χ0) is 12.1. The van der Waals surface area contributed by atoms with Gasteiger partial charge in [-0.1, -0.05) is 18.5 Å². The fraction of sp³-hybridized carbons (Fsp3) is 0.615. The molecule has 1 aromatic heterocycles. The third-order valence-electron chi connectivity index (χ3n) is 3.39. The van der Waals surface area contributed by atoms with Gasteiger partial charge in [-0.25, -0.2) is 0 Å². The molecule has 3 nitrogen and oxygen atoms in total. The lowest BCUT2D eigenvalue weighted by atomic mass is 9.99. The van der Waals surface area contributed by atoms with Crippen LogP contribution in [0.1, 0.15) is 19.8 Å². The van der Waals surface area contributed by atoms with E-state index in [0.717, 1.165) is 24.7 Å². The van der Waals surface area contributed by atoms with E-state index in [0.29, 0.717) is 5.02 Å². The van der Waals surface area contributed by atoms with Crippen molar-refractivity contribution in [3.05, 3.63) is 23.5 Å². The average Bonchev–Trinajstić information content (AvgIpc) is 2.34. The van der Waals surface area contributed by atoms with Crippen LogP contribution in [0.4, 0.5) is 5.69 Å². The summed E-state index contributed by atoms with van der Waals surface area (Å²) in [5.74, 6) is 0.897. The second-order valence-corrected chi connectivity index (χ2v) is 5.21. The molecule has 17 heavy (non-hydrogen) atoms. The minimum Gasteiger partial charge on any atom is -0.382 e. The highest BCUT2D eigenvalue weighted by atomic mass is 35.5. The number of hydrogen-bond donors (Lipinski definition) is 1. The van der Waals surface area contributed by atoms with Gasteiger partial charge in [0.2, 0.25) is 0 Å². The molecule has 1 fully saturated rings. The molecule has 0 amide bonds. The lowest BCUT2D eigenvalue weighted by Crippen LogP contribution is -2.36. The van der Waals surface area contributed by atoms with Crippen LogP contribution in [0.3, 0.4) is 0 Å². The van der Waals surface area contributed by atoms with Gasteiger partial charge in [-0.2, -0.15) is 0 Å². The molecule has 1 aliphatic heterocycles. The summed E-state index contributed by atoms with van der Waals surface area (Å²) in [5.41, 5.74) is 0.979. The lowest BCUT2D eigenvalue weighted by molar-refractivity contribution is 0.199. The highest BCUT2D eigenvalue weighted by molar-refractivity contribution is 6.33. The van der Waals surface area contributed by atoms with Gasteiger partial charge in [0.25, 0.3) is 0 Å². The Bertz CT molecular complexity index is 348. The minimum absolute atomic E-state index is 0.694. The molecule has 1 aromatic rings. The highest BCUT2D eigenvalue weighted by Gasteiger charge is 2.14. The van der Waals surface area contributed by atoms with Crippen LogP contribution in [0.25, 0.3) is 0 Å². The molecule has 0 bridgehead atoms. The molecule has 2 heterocycles. The Morgan fingerprint density at radius 3 is 2.94 bits per heavy atom. The van der Waals surface area contributed by atoms with Crippen molar-refractivity contribution in [2.45, 2.75) is 19.8 Å². The van der Waals surface area contributed by atoms with E-state index in [1.54, 1.807) is 12.4 Å². The van der Waals surface area contributed by atoms with Gasteiger partial charge in [0.1, 0.15) is 0 Å². The van der Waals surface area contributed by atoms with Crippen LogP contribution >= 0.6 is 11.6 Å². The van der Waals surface area contributed by atoms with Gasteiger partial charge in [0.15, 0.2) is 0 Å². The van der Waals surface area contributed by atoms with Gasteiger partial charge in [-0.3, -0.25) is 4.98 Å². The SMILES string of the molecule is CC1CCN(CCNc2ccncc2Cl)CC1. The molecule has 1 saturated heterocycles. The van der Waals surface area contributed by atoms with E-state index in [1.807, 2.05) is 6.07 Å². The number of hydrogen-bond acceptors (Lipinski definition) is 3. The lowest BCUT2D eigenvalue weighted by Gasteiger charge is -2.30. The van der Waals surface area contributed by atoms with Crippen LogP contribution in [0.15, 0.2) is 18.5 Å². The molecule has 0 unspecified atom stereocenters. The standard InChI is InChI=1S/C13H20ClN3/c1-11-3-7-17(8-4-11)9-6-16-13-2-5-15-10-12(13)14/h2,5,10-11H,3-4,6-9H2,1H3,(H,15,16). The summed E-state index contributed by atoms with van der Waals surface area (Å²) < 4.78 is 0. The van der Waals surface area contributed by atoms with Gasteiger partial charge in [0, 0.05) is 25.5 Å². The summed E-state index contributed by atoms with van der Waals surface area (Å²) in [7, 11) is 0. The Kier molecular flexibility index (Phi) is 4.63. The van der Waals surface area contributed by atoms with Crippen molar-refractivity contribution in [3.8, 4) is 0 Å². The molecule has 0 aromatic carbocycles. The first-order chi connectivity index (χ1) is 8.25. The third-order valence-corrected chi connectivity index (χ3v) is 3.69. The van der Waals surface area contributed by atoms with Crippen molar-refractivity contribution >= 4 is 17.3 Å². The Morgan fingerprint density at radius 2 is 2.24 bits per heavy atom. The summed E-state index contributed by atoms with van der Waals surface area (Å²) >= 11 is 6.03. The zero-order valence-corrected chi connectivity index (χ0v) is 11.1. The second-order valence-electron chi connectivity index (χ2n) is 4.81. The Hall–Kier alpha value is -0.800. The maximum Gasteiger partial charge on any atom is 0.0820 e. The number of aromatic nitrogens is 1. The number of likely N-dealkylation sites (tertiary alicyclic amines) is 1. The molecule has 4 heteroatoms. The molecule has 0 aliphatic carbocycles. The first-order valence-electron chi connectivity index (χ1n) is 6.31. The second kappa shape index (κ2) is 6.22. The fourth-order valence-electron chi connectivity index (χ4n) is 2.15. The monoisotopic (exact) mass is 253 g/mol. The van der Waals surface area contributed by atoms with Crippen molar-refractivity contribution < 1.29 is 0 Å². The first-order valence-corrected chi connectivity index (χ1v) is 6.69. The fourth-order valence-corrected chi connectivity index (χ4v) is 2.34. The van der Waals surface area contributed by atoms with E-state index in [9.17, 15) is 0 Å². The van der Waals surface area contributed by atoms with Crippen LogP contribution in [0.5, 0.6) is 0 Å². The van der Waals surface area contributed by atoms with Crippen LogP contribution in [0, 0.1) is 5.92 Å². The maximum absolute atomic E-state index is 6.03. The van der Waals surface area contributed by atoms with Crippen molar-refractivity contribution in [3.63, 3.8) is 0 Å². The molecule has 94 valence electrons. The van der Waals surface area contributed by atoms with Gasteiger partial charge in [-0.15, -0.1) is 0 Å². The van der Waals surface area contributed by atoms with Crippen molar-refractivity contribution in [2.24, 2.45) is 5.92 Å². The summed E-state index contributed by atoms with van der Waals surface area (Å²) in [6.07, 6.45) is 6.09. The molecular formula is C13H20ClN3. The predicted octanol–water partition coefficient (Wildman–Crippen LogP) is 2.88. The average molecular weight is 254 g/mol. The molecule has 0 saturated carbocycles. The third kappa shape index (κ3) is 3.86. The molecule has 0 radical (unpaired) electrons. The van der Waals surface area contributed by atoms with Crippen LogP contribution in [0.2, 0.25) is 5.02 Å². The van der Waals surface area contributed by atoms with E-state index in [-0.39, 0.29) is 0 Å². The van der Waals surface area contributed by atoms with Gasteiger partial charge >= 0.3 is 0 Å². The quantitative estimate of drug-likeness (QED) is 0.895. The van der Waals surface area contributed by atoms with Crippen molar-refractivity contribution in [1.82, 2.24) is 9.88 Å². The van der Waals surface area contributed by atoms with E-state index in [1.165, 1.54) is 25.9 Å². The number of halogens is 1. The molecular weight excluding hydrogens is 234 g/mol. The number of piperidine rings is 1. The van der Waals surface area contributed by atoms with Crippen molar-refractivity contribution in [1.29, 1.82) is 0 Å². The Balaban J connectivity index is 1.71. The minimum atomic E-state index is 0.694. The number of nitrogens with one attached hydrogen (secondary N) is 1. The molecule has 0 spiro atoms. The van der Waals surface area contributed by atoms with Crippen LogP contribution in [-0.2, 0) is 0 Å². The Morgan fingerprint density at radius 1 is 1.47 bits per heavy atom. The molecule has 0 atom stereocenters. The number of pyridine rings is 1. The van der Waals surface area contributed by atoms with Crippen LogP contribution in [-0.4, -0.2) is 36.1 Å². The van der Waals surface area contributed by atoms with E-state index < -0.39 is 0 Å². The summed E-state index contributed by atoms with van der Waals surface area (Å²) in [6.45, 7) is 6.83. The highest BCUT2D eigenvalue weighted by Crippen LogP contribution is 2.19. The largest absolute Gasteiger partial charge is 0.382 e. The van der Waals surface area contributed by atoms with Crippen LogP contribution < -0.4 is 5.32 Å². The Labute approximate surface area is 108 Å². The zero-order valence-electron chi connectivity index (χ0n) is 10.3. The van der Waals surface area contributed by atoms with Crippen molar-refractivity contribution in [2.75, 3.05) is 31.5 Å². The van der Waals surface area contributed by atoms with E-state index in [2.05, 4.69) is 22.1 Å². The molecule has 2 rings (SSSR count). The topological polar surface area (TPSA) is 28.2 Å². The smallest absolute Gasteiger partial charge is 0.0820 e. The predicted molar refractivity (Wildman–Crippen MR) is 72.6 cm³/mol.